The van der Waals surface area contributed by atoms with Crippen molar-refractivity contribution in [3.63, 3.8) is 0 Å². The quantitative estimate of drug-likeness (QED) is 0.828. The Labute approximate surface area is 87.7 Å². The fourth-order valence-electron chi connectivity index (χ4n) is 1.82. The van der Waals surface area contributed by atoms with Crippen molar-refractivity contribution < 1.29 is 4.74 Å². The molecule has 1 saturated heterocycles. The van der Waals surface area contributed by atoms with Gasteiger partial charge in [-0.1, -0.05) is 18.3 Å². The third-order valence-electron chi connectivity index (χ3n) is 2.64. The van der Waals surface area contributed by atoms with Crippen LogP contribution in [0.5, 0.6) is 0 Å². The lowest BCUT2D eigenvalue weighted by Gasteiger charge is -2.21. The number of ether oxygens (including phenoxy) is 1. The number of hydrogen-bond acceptors (Lipinski definition) is 5. The molecule has 1 aromatic heterocycles. The second-order valence-electron chi connectivity index (χ2n) is 3.53. The fourth-order valence-corrected chi connectivity index (χ4v) is 2.33. The first-order chi connectivity index (χ1) is 6.90. The van der Waals surface area contributed by atoms with Crippen molar-refractivity contribution in [2.45, 2.75) is 25.8 Å². The van der Waals surface area contributed by atoms with Gasteiger partial charge in [-0.05, 0) is 12.8 Å². The molecule has 0 saturated carbocycles. The minimum Gasteiger partial charge on any atom is -0.381 e. The molecule has 1 fully saturated rings. The number of nitrogens with zero attached hydrogens (tertiary/aromatic N) is 2. The Hall–Kier alpha value is -0.680. The summed E-state index contributed by atoms with van der Waals surface area (Å²) in [6.07, 6.45) is 2.26. The maximum Gasteiger partial charge on any atom is 0.205 e. The molecule has 4 nitrogen and oxygen atoms in total. The molecule has 0 amide bonds. The summed E-state index contributed by atoms with van der Waals surface area (Å²) in [5.41, 5.74) is 1.75. The summed E-state index contributed by atoms with van der Waals surface area (Å²) in [7, 11) is 0. The van der Waals surface area contributed by atoms with E-state index in [0.717, 1.165) is 31.2 Å². The highest BCUT2D eigenvalue weighted by molar-refractivity contribution is 7.13. The average Bonchev–Trinajstić information content (AvgIpc) is 2.86. The third kappa shape index (κ3) is 2.22. The number of anilines is 1. The summed E-state index contributed by atoms with van der Waals surface area (Å²) >= 11 is 1.55. The van der Waals surface area contributed by atoms with Crippen LogP contribution in [0.1, 0.15) is 19.8 Å². The van der Waals surface area contributed by atoms with E-state index in [1.165, 1.54) is 0 Å². The Morgan fingerprint density at radius 3 is 3.29 bits per heavy atom. The van der Waals surface area contributed by atoms with Gasteiger partial charge < -0.3 is 10.1 Å². The molecule has 14 heavy (non-hydrogen) atoms. The fraction of sp³-hybridized carbons (Fsp3) is 0.778. The molecule has 2 unspecified atom stereocenters. The second-order valence-corrected chi connectivity index (χ2v) is 4.36. The first-order valence-electron chi connectivity index (χ1n) is 5.00. The average molecular weight is 213 g/mol. The van der Waals surface area contributed by atoms with Gasteiger partial charge in [0, 0.05) is 18.6 Å². The molecule has 0 spiro atoms. The Morgan fingerprint density at radius 1 is 1.79 bits per heavy atom. The van der Waals surface area contributed by atoms with E-state index in [-0.39, 0.29) is 0 Å². The highest BCUT2D eigenvalue weighted by Gasteiger charge is 2.24. The van der Waals surface area contributed by atoms with Crippen molar-refractivity contribution >= 4 is 16.5 Å². The summed E-state index contributed by atoms with van der Waals surface area (Å²) in [5, 5.41) is 12.1. The van der Waals surface area contributed by atoms with Gasteiger partial charge in [0.15, 0.2) is 0 Å². The van der Waals surface area contributed by atoms with E-state index in [1.54, 1.807) is 16.8 Å². The molecular formula is C9H15N3OS. The maximum atomic E-state index is 5.39. The third-order valence-corrected chi connectivity index (χ3v) is 3.27. The van der Waals surface area contributed by atoms with Gasteiger partial charge in [-0.25, -0.2) is 0 Å². The van der Waals surface area contributed by atoms with Gasteiger partial charge in [0.25, 0.3) is 0 Å². The molecule has 5 heteroatoms. The van der Waals surface area contributed by atoms with E-state index in [2.05, 4.69) is 22.4 Å². The first-order valence-corrected chi connectivity index (χ1v) is 5.88. The zero-order chi connectivity index (χ0) is 9.80. The molecule has 0 bridgehead atoms. The van der Waals surface area contributed by atoms with E-state index < -0.39 is 0 Å². The van der Waals surface area contributed by atoms with Crippen LogP contribution < -0.4 is 5.32 Å². The SMILES string of the molecule is CCC(Nc1nncs1)C1CCOC1. The highest BCUT2D eigenvalue weighted by atomic mass is 32.1. The van der Waals surface area contributed by atoms with Crippen molar-refractivity contribution in [3.8, 4) is 0 Å². The summed E-state index contributed by atoms with van der Waals surface area (Å²) in [6, 6.07) is 0.477. The highest BCUT2D eigenvalue weighted by Crippen LogP contribution is 2.22. The van der Waals surface area contributed by atoms with E-state index in [4.69, 9.17) is 4.74 Å². The van der Waals surface area contributed by atoms with Gasteiger partial charge in [-0.2, -0.15) is 0 Å². The molecule has 0 radical (unpaired) electrons. The molecule has 1 aliphatic rings. The predicted molar refractivity (Wildman–Crippen MR) is 56.5 cm³/mol. The van der Waals surface area contributed by atoms with Crippen LogP contribution >= 0.6 is 11.3 Å². The van der Waals surface area contributed by atoms with Crippen LogP contribution in [0.25, 0.3) is 0 Å². The number of rotatable bonds is 4. The smallest absolute Gasteiger partial charge is 0.205 e. The Morgan fingerprint density at radius 2 is 2.71 bits per heavy atom. The minimum absolute atomic E-state index is 0.477. The molecule has 2 atom stereocenters. The van der Waals surface area contributed by atoms with Gasteiger partial charge in [-0.15, -0.1) is 10.2 Å². The molecule has 1 aliphatic heterocycles. The lowest BCUT2D eigenvalue weighted by atomic mass is 9.97. The number of hydrogen-bond donors (Lipinski definition) is 1. The molecular weight excluding hydrogens is 198 g/mol. The molecule has 78 valence electrons. The second kappa shape index (κ2) is 4.70. The summed E-state index contributed by atoms with van der Waals surface area (Å²) in [5.74, 6) is 0.629. The number of nitrogens with one attached hydrogen (secondary N) is 1. The van der Waals surface area contributed by atoms with Crippen LogP contribution in [0.4, 0.5) is 5.13 Å². The Balaban J connectivity index is 1.92. The molecule has 0 aromatic carbocycles. The van der Waals surface area contributed by atoms with Crippen LogP contribution in [0.15, 0.2) is 5.51 Å². The molecule has 1 aromatic rings. The van der Waals surface area contributed by atoms with Gasteiger partial charge >= 0.3 is 0 Å². The van der Waals surface area contributed by atoms with Crippen molar-refractivity contribution in [1.29, 1.82) is 0 Å². The van der Waals surface area contributed by atoms with Crippen LogP contribution in [0.2, 0.25) is 0 Å². The van der Waals surface area contributed by atoms with Crippen LogP contribution in [0.3, 0.4) is 0 Å². The lowest BCUT2D eigenvalue weighted by Crippen LogP contribution is -2.28. The van der Waals surface area contributed by atoms with Crippen molar-refractivity contribution in [2.75, 3.05) is 18.5 Å². The van der Waals surface area contributed by atoms with E-state index in [0.29, 0.717) is 12.0 Å². The van der Waals surface area contributed by atoms with E-state index >= 15 is 0 Å². The van der Waals surface area contributed by atoms with Crippen LogP contribution in [-0.2, 0) is 4.74 Å². The molecule has 0 aliphatic carbocycles. The van der Waals surface area contributed by atoms with E-state index in [9.17, 15) is 0 Å². The largest absolute Gasteiger partial charge is 0.381 e. The van der Waals surface area contributed by atoms with Crippen LogP contribution in [-0.4, -0.2) is 29.5 Å². The molecule has 2 rings (SSSR count). The topological polar surface area (TPSA) is 47.0 Å². The predicted octanol–water partition coefficient (Wildman–Crippen LogP) is 1.77. The molecule has 1 N–H and O–H groups in total. The standard InChI is InChI=1S/C9H15N3OS/c1-2-8(7-3-4-13-5-7)11-9-12-10-6-14-9/h6-8H,2-5H2,1H3,(H,11,12). The normalized spacial score (nSPS) is 23.6. The lowest BCUT2D eigenvalue weighted by molar-refractivity contribution is 0.182. The zero-order valence-electron chi connectivity index (χ0n) is 8.27. The van der Waals surface area contributed by atoms with Crippen molar-refractivity contribution in [3.05, 3.63) is 5.51 Å². The van der Waals surface area contributed by atoms with Crippen LogP contribution in [0, 0.1) is 5.92 Å². The Kier molecular flexibility index (Phi) is 3.31. The summed E-state index contributed by atoms with van der Waals surface area (Å²) in [6.45, 7) is 3.97. The van der Waals surface area contributed by atoms with Crippen molar-refractivity contribution in [2.24, 2.45) is 5.92 Å². The first kappa shape index (κ1) is 9.86. The van der Waals surface area contributed by atoms with Gasteiger partial charge in [0.1, 0.15) is 5.51 Å². The summed E-state index contributed by atoms with van der Waals surface area (Å²) < 4.78 is 5.39. The van der Waals surface area contributed by atoms with Gasteiger partial charge in [-0.3, -0.25) is 0 Å². The summed E-state index contributed by atoms with van der Waals surface area (Å²) in [4.78, 5) is 0. The molecule has 2 heterocycles. The van der Waals surface area contributed by atoms with Gasteiger partial charge in [0.05, 0.1) is 6.61 Å². The Bertz CT molecular complexity index is 259. The zero-order valence-corrected chi connectivity index (χ0v) is 9.09. The van der Waals surface area contributed by atoms with Gasteiger partial charge in [0.2, 0.25) is 5.13 Å². The monoisotopic (exact) mass is 213 g/mol. The number of aromatic nitrogens is 2. The maximum absolute atomic E-state index is 5.39. The minimum atomic E-state index is 0.477. The van der Waals surface area contributed by atoms with Crippen molar-refractivity contribution in [1.82, 2.24) is 10.2 Å². The van der Waals surface area contributed by atoms with E-state index in [1.807, 2.05) is 0 Å².